The highest BCUT2D eigenvalue weighted by molar-refractivity contribution is 5.80. The molecule has 2 nitrogen and oxygen atoms in total. The molecule has 1 aromatic heterocycles. The fourth-order valence-electron chi connectivity index (χ4n) is 1.61. The second-order valence-electron chi connectivity index (χ2n) is 3.59. The van der Waals surface area contributed by atoms with Crippen molar-refractivity contribution in [2.75, 3.05) is 0 Å². The predicted molar refractivity (Wildman–Crippen MR) is 53.5 cm³/mol. The van der Waals surface area contributed by atoms with E-state index >= 15 is 0 Å². The largest absolute Gasteiger partial charge is 0.464 e. The Morgan fingerprint density at radius 1 is 1.50 bits per heavy atom. The van der Waals surface area contributed by atoms with Crippen molar-refractivity contribution in [3.8, 4) is 0 Å². The van der Waals surface area contributed by atoms with E-state index in [9.17, 15) is 4.39 Å². The number of rotatable bonds is 2. The van der Waals surface area contributed by atoms with Crippen molar-refractivity contribution in [1.82, 2.24) is 0 Å². The minimum Gasteiger partial charge on any atom is -0.464 e. The molecule has 0 aliphatic rings. The van der Waals surface area contributed by atoms with Crippen LogP contribution in [0.2, 0.25) is 0 Å². The molecule has 0 aliphatic carbocycles. The molecule has 2 rings (SSSR count). The van der Waals surface area contributed by atoms with Crippen molar-refractivity contribution in [2.45, 2.75) is 19.4 Å². The van der Waals surface area contributed by atoms with E-state index in [1.807, 2.05) is 6.92 Å². The summed E-state index contributed by atoms with van der Waals surface area (Å²) in [5.74, 6) is -0.241. The molecule has 0 saturated carbocycles. The zero-order valence-corrected chi connectivity index (χ0v) is 7.96. The molecule has 0 spiro atoms. The summed E-state index contributed by atoms with van der Waals surface area (Å²) in [5, 5.41) is 0.792. The van der Waals surface area contributed by atoms with Crippen LogP contribution in [0.4, 0.5) is 4.39 Å². The van der Waals surface area contributed by atoms with Crippen LogP contribution in [-0.2, 0) is 6.42 Å². The van der Waals surface area contributed by atoms with Crippen LogP contribution in [0.25, 0.3) is 11.0 Å². The molecule has 0 amide bonds. The van der Waals surface area contributed by atoms with Crippen LogP contribution >= 0.6 is 0 Å². The zero-order chi connectivity index (χ0) is 10.1. The molecule has 2 N–H and O–H groups in total. The summed E-state index contributed by atoms with van der Waals surface area (Å²) < 4.78 is 18.4. The summed E-state index contributed by atoms with van der Waals surface area (Å²) in [4.78, 5) is 0. The molecular weight excluding hydrogens is 181 g/mol. The van der Waals surface area contributed by atoms with Gasteiger partial charge in [-0.1, -0.05) is 0 Å². The maximum Gasteiger partial charge on any atom is 0.137 e. The summed E-state index contributed by atoms with van der Waals surface area (Å²) in [6, 6.07) is 4.70. The second-order valence-corrected chi connectivity index (χ2v) is 3.59. The number of halogens is 1. The van der Waals surface area contributed by atoms with Gasteiger partial charge < -0.3 is 10.2 Å². The molecule has 0 radical (unpaired) electrons. The van der Waals surface area contributed by atoms with Gasteiger partial charge in [-0.15, -0.1) is 0 Å². The standard InChI is InChI=1S/C11H12FNO/c1-7(13)4-9-6-10(12)5-8-2-3-14-11(8)9/h2-3,5-7H,4,13H2,1H3/t7-/m1/s1. The van der Waals surface area contributed by atoms with E-state index < -0.39 is 0 Å². The normalized spacial score (nSPS) is 13.4. The lowest BCUT2D eigenvalue weighted by molar-refractivity contribution is 0.597. The van der Waals surface area contributed by atoms with Gasteiger partial charge in [0.15, 0.2) is 0 Å². The van der Waals surface area contributed by atoms with Gasteiger partial charge in [-0.05, 0) is 37.1 Å². The Kier molecular flexibility index (Phi) is 2.25. The van der Waals surface area contributed by atoms with Gasteiger partial charge in [-0.25, -0.2) is 4.39 Å². The summed E-state index contributed by atoms with van der Waals surface area (Å²) >= 11 is 0. The van der Waals surface area contributed by atoms with Gasteiger partial charge in [0, 0.05) is 11.4 Å². The third-order valence-corrected chi connectivity index (χ3v) is 2.13. The minimum absolute atomic E-state index is 0.00472. The Morgan fingerprint density at radius 2 is 2.29 bits per heavy atom. The molecule has 0 aliphatic heterocycles. The second kappa shape index (κ2) is 3.42. The fourth-order valence-corrected chi connectivity index (χ4v) is 1.61. The van der Waals surface area contributed by atoms with Crippen molar-refractivity contribution in [3.63, 3.8) is 0 Å². The van der Waals surface area contributed by atoms with Crippen molar-refractivity contribution in [2.24, 2.45) is 5.73 Å². The van der Waals surface area contributed by atoms with Gasteiger partial charge in [-0.2, -0.15) is 0 Å². The number of furan rings is 1. The summed E-state index contributed by atoms with van der Waals surface area (Å²) in [6.07, 6.45) is 2.19. The SMILES string of the molecule is C[C@@H](N)Cc1cc(F)cc2ccoc12. The van der Waals surface area contributed by atoms with E-state index in [-0.39, 0.29) is 11.9 Å². The van der Waals surface area contributed by atoms with E-state index in [2.05, 4.69) is 0 Å². The van der Waals surface area contributed by atoms with Crippen LogP contribution in [0.15, 0.2) is 28.9 Å². The van der Waals surface area contributed by atoms with Gasteiger partial charge in [0.05, 0.1) is 6.26 Å². The van der Waals surface area contributed by atoms with E-state index in [1.165, 1.54) is 12.1 Å². The minimum atomic E-state index is -0.241. The van der Waals surface area contributed by atoms with Crippen LogP contribution < -0.4 is 5.73 Å². The van der Waals surface area contributed by atoms with E-state index in [4.69, 9.17) is 10.2 Å². The quantitative estimate of drug-likeness (QED) is 0.795. The summed E-state index contributed by atoms with van der Waals surface area (Å²) in [7, 11) is 0. The first-order valence-electron chi connectivity index (χ1n) is 4.58. The number of fused-ring (bicyclic) bond motifs is 1. The number of benzene rings is 1. The molecule has 1 aromatic carbocycles. The fraction of sp³-hybridized carbons (Fsp3) is 0.273. The molecule has 0 fully saturated rings. The monoisotopic (exact) mass is 193 g/mol. The summed E-state index contributed by atoms with van der Waals surface area (Å²) in [5.41, 5.74) is 7.24. The number of hydrogen-bond donors (Lipinski definition) is 1. The van der Waals surface area contributed by atoms with Gasteiger partial charge in [0.1, 0.15) is 11.4 Å². The van der Waals surface area contributed by atoms with Gasteiger partial charge in [0.2, 0.25) is 0 Å². The van der Waals surface area contributed by atoms with E-state index in [0.29, 0.717) is 6.42 Å². The van der Waals surface area contributed by atoms with Crippen LogP contribution in [0.5, 0.6) is 0 Å². The molecule has 14 heavy (non-hydrogen) atoms. The smallest absolute Gasteiger partial charge is 0.137 e. The molecule has 74 valence electrons. The average molecular weight is 193 g/mol. The molecule has 0 bridgehead atoms. The third kappa shape index (κ3) is 1.63. The first kappa shape index (κ1) is 9.21. The predicted octanol–water partition coefficient (Wildman–Crippen LogP) is 2.46. The molecule has 0 saturated heterocycles. The van der Waals surface area contributed by atoms with Crippen LogP contribution in [0.1, 0.15) is 12.5 Å². The number of hydrogen-bond acceptors (Lipinski definition) is 2. The first-order chi connectivity index (χ1) is 6.66. The lowest BCUT2D eigenvalue weighted by Gasteiger charge is -2.05. The van der Waals surface area contributed by atoms with Crippen molar-refractivity contribution >= 4 is 11.0 Å². The Morgan fingerprint density at radius 3 is 3.00 bits per heavy atom. The lowest BCUT2D eigenvalue weighted by Crippen LogP contribution is -2.17. The molecule has 2 aromatic rings. The maximum atomic E-state index is 13.1. The molecule has 1 atom stereocenters. The maximum absolute atomic E-state index is 13.1. The van der Waals surface area contributed by atoms with E-state index in [1.54, 1.807) is 12.3 Å². The lowest BCUT2D eigenvalue weighted by atomic mass is 10.1. The van der Waals surface area contributed by atoms with E-state index in [0.717, 1.165) is 16.5 Å². The Labute approximate surface area is 81.5 Å². The Balaban J connectivity index is 2.55. The highest BCUT2D eigenvalue weighted by Gasteiger charge is 2.08. The van der Waals surface area contributed by atoms with Crippen molar-refractivity contribution in [3.05, 3.63) is 35.8 Å². The molecule has 3 heteroatoms. The zero-order valence-electron chi connectivity index (χ0n) is 7.96. The molecule has 0 unspecified atom stereocenters. The highest BCUT2D eigenvalue weighted by atomic mass is 19.1. The van der Waals surface area contributed by atoms with Crippen LogP contribution in [0, 0.1) is 5.82 Å². The third-order valence-electron chi connectivity index (χ3n) is 2.13. The number of nitrogens with two attached hydrogens (primary N) is 1. The Hall–Kier alpha value is -1.35. The highest BCUT2D eigenvalue weighted by Crippen LogP contribution is 2.22. The Bertz CT molecular complexity index is 447. The van der Waals surface area contributed by atoms with Gasteiger partial charge in [0.25, 0.3) is 0 Å². The topological polar surface area (TPSA) is 39.2 Å². The summed E-state index contributed by atoms with van der Waals surface area (Å²) in [6.45, 7) is 1.89. The van der Waals surface area contributed by atoms with Crippen LogP contribution in [-0.4, -0.2) is 6.04 Å². The van der Waals surface area contributed by atoms with Crippen molar-refractivity contribution in [1.29, 1.82) is 0 Å². The van der Waals surface area contributed by atoms with Gasteiger partial charge in [-0.3, -0.25) is 0 Å². The molecule has 1 heterocycles. The van der Waals surface area contributed by atoms with Gasteiger partial charge >= 0.3 is 0 Å². The molecular formula is C11H12FNO. The average Bonchev–Trinajstić information content (AvgIpc) is 2.50. The first-order valence-corrected chi connectivity index (χ1v) is 4.58. The van der Waals surface area contributed by atoms with Crippen LogP contribution in [0.3, 0.4) is 0 Å². The van der Waals surface area contributed by atoms with Crippen molar-refractivity contribution < 1.29 is 8.81 Å².